The molecule has 0 aliphatic carbocycles. The highest BCUT2D eigenvalue weighted by Crippen LogP contribution is 2.39. The van der Waals surface area contributed by atoms with Crippen molar-refractivity contribution in [1.29, 1.82) is 0 Å². The molecule has 1 amide bonds. The Morgan fingerprint density at radius 1 is 1.33 bits per heavy atom. The topological polar surface area (TPSA) is 49.6 Å². The van der Waals surface area contributed by atoms with E-state index >= 15 is 0 Å². The van der Waals surface area contributed by atoms with Crippen LogP contribution in [0.4, 0.5) is 0 Å². The van der Waals surface area contributed by atoms with Crippen molar-refractivity contribution < 1.29 is 9.21 Å². The SMILES string of the molecule is Cc1nc(CN2CCCC23CCN(C(=O)c2ccco2)CC3)cs1. The number of carbonyl (C=O) groups excluding carboxylic acids is 1. The lowest BCUT2D eigenvalue weighted by Crippen LogP contribution is -2.52. The molecule has 0 saturated carbocycles. The molecule has 24 heavy (non-hydrogen) atoms. The summed E-state index contributed by atoms with van der Waals surface area (Å²) in [5.74, 6) is 0.474. The van der Waals surface area contributed by atoms with Crippen LogP contribution < -0.4 is 0 Å². The molecule has 2 aromatic rings. The zero-order valence-electron chi connectivity index (χ0n) is 14.0. The van der Waals surface area contributed by atoms with E-state index in [-0.39, 0.29) is 11.4 Å². The van der Waals surface area contributed by atoms with Gasteiger partial charge in [0.25, 0.3) is 5.91 Å². The van der Waals surface area contributed by atoms with Crippen molar-refractivity contribution >= 4 is 17.2 Å². The van der Waals surface area contributed by atoms with Gasteiger partial charge in [0, 0.05) is 30.6 Å². The molecule has 128 valence electrons. The van der Waals surface area contributed by atoms with Gasteiger partial charge >= 0.3 is 0 Å². The van der Waals surface area contributed by atoms with Crippen LogP contribution in [-0.2, 0) is 6.54 Å². The molecular formula is C18H23N3O2S. The summed E-state index contributed by atoms with van der Waals surface area (Å²) in [4.78, 5) is 21.6. The van der Waals surface area contributed by atoms with Crippen molar-refractivity contribution in [3.63, 3.8) is 0 Å². The third-order valence-electron chi connectivity index (χ3n) is 5.47. The van der Waals surface area contributed by atoms with Crippen LogP contribution in [0.3, 0.4) is 0 Å². The summed E-state index contributed by atoms with van der Waals surface area (Å²) in [6.45, 7) is 5.77. The second-order valence-electron chi connectivity index (χ2n) is 6.88. The Bertz CT molecular complexity index is 702. The number of hydrogen-bond donors (Lipinski definition) is 0. The Morgan fingerprint density at radius 3 is 2.83 bits per heavy atom. The first-order chi connectivity index (χ1) is 11.7. The second-order valence-corrected chi connectivity index (χ2v) is 7.94. The summed E-state index contributed by atoms with van der Waals surface area (Å²) in [5.41, 5.74) is 1.44. The molecule has 2 fully saturated rings. The van der Waals surface area contributed by atoms with E-state index in [9.17, 15) is 4.79 Å². The molecule has 4 heterocycles. The largest absolute Gasteiger partial charge is 0.459 e. The van der Waals surface area contributed by atoms with Gasteiger partial charge in [-0.05, 0) is 51.3 Å². The first kappa shape index (κ1) is 15.8. The summed E-state index contributed by atoms with van der Waals surface area (Å²) in [6.07, 6.45) is 6.13. The minimum atomic E-state index is 0.0227. The van der Waals surface area contributed by atoms with Gasteiger partial charge in [0.15, 0.2) is 5.76 Å². The maximum absolute atomic E-state index is 12.4. The minimum absolute atomic E-state index is 0.0227. The lowest BCUT2D eigenvalue weighted by molar-refractivity contribution is 0.0360. The monoisotopic (exact) mass is 345 g/mol. The van der Waals surface area contributed by atoms with Crippen molar-refractivity contribution in [1.82, 2.24) is 14.8 Å². The van der Waals surface area contributed by atoms with E-state index in [0.717, 1.165) is 44.0 Å². The fourth-order valence-electron chi connectivity index (χ4n) is 4.17. The maximum atomic E-state index is 12.4. The summed E-state index contributed by atoms with van der Waals surface area (Å²) in [6, 6.07) is 3.52. The van der Waals surface area contributed by atoms with Crippen molar-refractivity contribution in [3.8, 4) is 0 Å². The first-order valence-electron chi connectivity index (χ1n) is 8.65. The van der Waals surface area contributed by atoms with Gasteiger partial charge in [0.05, 0.1) is 17.0 Å². The highest BCUT2D eigenvalue weighted by molar-refractivity contribution is 7.09. The zero-order chi connectivity index (χ0) is 16.6. The predicted octanol–water partition coefficient (Wildman–Crippen LogP) is 3.32. The van der Waals surface area contributed by atoms with Gasteiger partial charge in [0.1, 0.15) is 0 Å². The van der Waals surface area contributed by atoms with E-state index in [0.29, 0.717) is 5.76 Å². The number of nitrogens with zero attached hydrogens (tertiary/aromatic N) is 3. The zero-order valence-corrected chi connectivity index (χ0v) is 14.8. The van der Waals surface area contributed by atoms with Crippen LogP contribution in [0, 0.1) is 6.92 Å². The molecule has 0 aromatic carbocycles. The molecule has 2 aromatic heterocycles. The van der Waals surface area contributed by atoms with Crippen molar-refractivity contribution in [2.24, 2.45) is 0 Å². The number of hydrogen-bond acceptors (Lipinski definition) is 5. The Labute approximate surface area is 146 Å². The number of thiazole rings is 1. The lowest BCUT2D eigenvalue weighted by atomic mass is 9.84. The van der Waals surface area contributed by atoms with Gasteiger partial charge in [-0.15, -0.1) is 11.3 Å². The van der Waals surface area contributed by atoms with Crippen LogP contribution in [0.15, 0.2) is 28.2 Å². The highest BCUT2D eigenvalue weighted by Gasteiger charge is 2.44. The normalized spacial score (nSPS) is 20.8. The summed E-state index contributed by atoms with van der Waals surface area (Å²) < 4.78 is 5.26. The van der Waals surface area contributed by atoms with E-state index in [4.69, 9.17) is 4.42 Å². The predicted molar refractivity (Wildman–Crippen MR) is 93.1 cm³/mol. The summed E-state index contributed by atoms with van der Waals surface area (Å²) in [5, 5.41) is 3.31. The number of carbonyl (C=O) groups is 1. The van der Waals surface area contributed by atoms with Crippen LogP contribution in [0.5, 0.6) is 0 Å². The van der Waals surface area contributed by atoms with E-state index in [1.54, 1.807) is 29.7 Å². The van der Waals surface area contributed by atoms with Crippen molar-refractivity contribution in [3.05, 3.63) is 40.2 Å². The number of rotatable bonds is 3. The quantitative estimate of drug-likeness (QED) is 0.856. The average Bonchev–Trinajstić information content (AvgIpc) is 3.32. The summed E-state index contributed by atoms with van der Waals surface area (Å²) in [7, 11) is 0. The number of furan rings is 1. The molecule has 0 N–H and O–H groups in total. The van der Waals surface area contributed by atoms with Crippen LogP contribution in [-0.4, -0.2) is 45.9 Å². The Balaban J connectivity index is 1.42. The van der Waals surface area contributed by atoms with Crippen LogP contribution in [0.2, 0.25) is 0 Å². The molecule has 0 unspecified atom stereocenters. The molecule has 1 spiro atoms. The third kappa shape index (κ3) is 2.89. The Morgan fingerprint density at radius 2 is 2.17 bits per heavy atom. The molecule has 5 nitrogen and oxygen atoms in total. The Kier molecular flexibility index (Phi) is 4.18. The standard InChI is InChI=1S/C18H23N3O2S/c1-14-19-15(13-24-14)12-21-8-3-5-18(21)6-9-20(10-7-18)17(22)16-4-2-11-23-16/h2,4,11,13H,3,5-10,12H2,1H3. The van der Waals surface area contributed by atoms with Crippen LogP contribution >= 0.6 is 11.3 Å². The van der Waals surface area contributed by atoms with Crippen molar-refractivity contribution in [2.45, 2.75) is 44.7 Å². The lowest BCUT2D eigenvalue weighted by Gasteiger charge is -2.44. The van der Waals surface area contributed by atoms with E-state index in [1.807, 2.05) is 4.90 Å². The molecule has 2 aliphatic heterocycles. The number of aryl methyl sites for hydroxylation is 1. The average molecular weight is 345 g/mol. The molecule has 0 atom stereocenters. The van der Waals surface area contributed by atoms with Crippen LogP contribution in [0.1, 0.15) is 46.9 Å². The number of amides is 1. The summed E-state index contributed by atoms with van der Waals surface area (Å²) >= 11 is 1.72. The smallest absolute Gasteiger partial charge is 0.289 e. The minimum Gasteiger partial charge on any atom is -0.459 e. The molecule has 2 aliphatic rings. The second kappa shape index (κ2) is 6.33. The molecular weight excluding hydrogens is 322 g/mol. The fourth-order valence-corrected chi connectivity index (χ4v) is 4.77. The van der Waals surface area contributed by atoms with Crippen molar-refractivity contribution in [2.75, 3.05) is 19.6 Å². The van der Waals surface area contributed by atoms with E-state index in [2.05, 4.69) is 22.2 Å². The van der Waals surface area contributed by atoms with Gasteiger partial charge in [-0.2, -0.15) is 0 Å². The van der Waals surface area contributed by atoms with E-state index in [1.165, 1.54) is 18.5 Å². The van der Waals surface area contributed by atoms with Gasteiger partial charge < -0.3 is 9.32 Å². The van der Waals surface area contributed by atoms with Gasteiger partial charge in [0.2, 0.25) is 0 Å². The number of aromatic nitrogens is 1. The molecule has 4 rings (SSSR count). The highest BCUT2D eigenvalue weighted by atomic mass is 32.1. The third-order valence-corrected chi connectivity index (χ3v) is 6.30. The molecule has 6 heteroatoms. The van der Waals surface area contributed by atoms with Gasteiger partial charge in [-0.25, -0.2) is 4.98 Å². The fraction of sp³-hybridized carbons (Fsp3) is 0.556. The molecule has 2 saturated heterocycles. The van der Waals surface area contributed by atoms with E-state index < -0.39 is 0 Å². The van der Waals surface area contributed by atoms with Crippen LogP contribution in [0.25, 0.3) is 0 Å². The molecule has 0 radical (unpaired) electrons. The first-order valence-corrected chi connectivity index (χ1v) is 9.53. The Hall–Kier alpha value is -1.66. The van der Waals surface area contributed by atoms with Gasteiger partial charge in [-0.3, -0.25) is 9.69 Å². The molecule has 0 bridgehead atoms. The number of piperidine rings is 1. The number of likely N-dealkylation sites (tertiary alicyclic amines) is 2. The van der Waals surface area contributed by atoms with Gasteiger partial charge in [-0.1, -0.05) is 0 Å². The maximum Gasteiger partial charge on any atom is 0.289 e.